The molecule has 4 nitrogen and oxygen atoms in total. The summed E-state index contributed by atoms with van der Waals surface area (Å²) in [6.07, 6.45) is 4.61. The highest BCUT2D eigenvalue weighted by Gasteiger charge is 2.10. The number of rotatable bonds is 5. The van der Waals surface area contributed by atoms with Crippen molar-refractivity contribution < 1.29 is 9.53 Å². The minimum atomic E-state index is -0.108. The Morgan fingerprint density at radius 2 is 2.17 bits per heavy atom. The van der Waals surface area contributed by atoms with Crippen molar-refractivity contribution in [1.29, 1.82) is 0 Å². The normalized spacial score (nSPS) is 10.1. The summed E-state index contributed by atoms with van der Waals surface area (Å²) in [5, 5.41) is 2.88. The van der Waals surface area contributed by atoms with Gasteiger partial charge in [-0.25, -0.2) is 0 Å². The zero-order chi connectivity index (χ0) is 12.8. The Kier molecular flexibility index (Phi) is 4.02. The number of nitrogens with one attached hydrogen (secondary N) is 2. The maximum Gasteiger partial charge on any atom is 0.255 e. The topological polar surface area (TPSA) is 54.1 Å². The summed E-state index contributed by atoms with van der Waals surface area (Å²) < 4.78 is 5.15. The third kappa shape index (κ3) is 2.91. The van der Waals surface area contributed by atoms with E-state index in [9.17, 15) is 4.79 Å². The van der Waals surface area contributed by atoms with Crippen LogP contribution in [0.1, 0.15) is 15.9 Å². The van der Waals surface area contributed by atoms with Gasteiger partial charge in [-0.1, -0.05) is 12.1 Å². The molecule has 4 heteroatoms. The first kappa shape index (κ1) is 12.2. The van der Waals surface area contributed by atoms with E-state index in [-0.39, 0.29) is 5.91 Å². The number of carbonyl (C=O) groups is 1. The number of hydrogen-bond acceptors (Lipinski definition) is 2. The van der Waals surface area contributed by atoms with Gasteiger partial charge in [-0.3, -0.25) is 4.79 Å². The Balaban J connectivity index is 1.91. The smallest absolute Gasteiger partial charge is 0.255 e. The van der Waals surface area contributed by atoms with Gasteiger partial charge in [-0.05, 0) is 30.2 Å². The lowest BCUT2D eigenvalue weighted by molar-refractivity contribution is 0.0951. The third-order valence-corrected chi connectivity index (χ3v) is 2.71. The van der Waals surface area contributed by atoms with Crippen LogP contribution < -0.4 is 10.1 Å². The second-order valence-corrected chi connectivity index (χ2v) is 3.93. The summed E-state index contributed by atoms with van der Waals surface area (Å²) in [5.41, 5.74) is 1.74. The second kappa shape index (κ2) is 5.91. The number of H-pyrrole nitrogens is 1. The molecule has 18 heavy (non-hydrogen) atoms. The van der Waals surface area contributed by atoms with E-state index in [1.54, 1.807) is 19.2 Å². The van der Waals surface area contributed by atoms with Crippen LogP contribution in [0.2, 0.25) is 0 Å². The Bertz CT molecular complexity index is 506. The van der Waals surface area contributed by atoms with Gasteiger partial charge in [0.15, 0.2) is 0 Å². The van der Waals surface area contributed by atoms with E-state index in [0.717, 1.165) is 6.42 Å². The van der Waals surface area contributed by atoms with Crippen LogP contribution in [0.25, 0.3) is 0 Å². The molecule has 0 saturated carbocycles. The highest BCUT2D eigenvalue weighted by atomic mass is 16.5. The average molecular weight is 244 g/mol. The van der Waals surface area contributed by atoms with Crippen molar-refractivity contribution in [3.63, 3.8) is 0 Å². The van der Waals surface area contributed by atoms with E-state index in [2.05, 4.69) is 10.3 Å². The number of hydrogen-bond donors (Lipinski definition) is 2. The summed E-state index contributed by atoms with van der Waals surface area (Å²) in [6, 6.07) is 9.19. The SMILES string of the molecule is COc1ccccc1C(=O)NCCc1cc[nH]c1. The van der Waals surface area contributed by atoms with Crippen LogP contribution in [0, 0.1) is 0 Å². The van der Waals surface area contributed by atoms with Crippen molar-refractivity contribution in [1.82, 2.24) is 10.3 Å². The number of benzene rings is 1. The van der Waals surface area contributed by atoms with Crippen molar-refractivity contribution in [2.24, 2.45) is 0 Å². The second-order valence-electron chi connectivity index (χ2n) is 3.93. The van der Waals surface area contributed by atoms with E-state index in [0.29, 0.717) is 17.9 Å². The zero-order valence-corrected chi connectivity index (χ0v) is 10.3. The molecule has 0 aliphatic carbocycles. The first-order valence-electron chi connectivity index (χ1n) is 5.84. The van der Waals surface area contributed by atoms with Crippen LogP contribution in [-0.2, 0) is 6.42 Å². The molecule has 1 amide bonds. The van der Waals surface area contributed by atoms with Crippen LogP contribution in [-0.4, -0.2) is 24.5 Å². The van der Waals surface area contributed by atoms with Gasteiger partial charge in [0, 0.05) is 18.9 Å². The summed E-state index contributed by atoms with van der Waals surface area (Å²) in [4.78, 5) is 14.9. The minimum absolute atomic E-state index is 0.108. The lowest BCUT2D eigenvalue weighted by Gasteiger charge is -2.08. The first-order chi connectivity index (χ1) is 8.81. The summed E-state index contributed by atoms with van der Waals surface area (Å²) in [7, 11) is 1.56. The molecule has 2 aromatic rings. The van der Waals surface area contributed by atoms with Crippen LogP contribution in [0.5, 0.6) is 5.75 Å². The van der Waals surface area contributed by atoms with Gasteiger partial charge < -0.3 is 15.0 Å². The summed E-state index contributed by atoms with van der Waals surface area (Å²) in [6.45, 7) is 0.606. The number of aromatic nitrogens is 1. The molecule has 0 bridgehead atoms. The Morgan fingerprint density at radius 1 is 1.33 bits per heavy atom. The maximum absolute atomic E-state index is 12.0. The molecule has 1 aromatic heterocycles. The van der Waals surface area contributed by atoms with Crippen molar-refractivity contribution in [3.05, 3.63) is 53.9 Å². The molecular weight excluding hydrogens is 228 g/mol. The molecule has 1 heterocycles. The van der Waals surface area contributed by atoms with Crippen LogP contribution in [0.4, 0.5) is 0 Å². The van der Waals surface area contributed by atoms with Gasteiger partial charge in [0.25, 0.3) is 5.91 Å². The number of ether oxygens (including phenoxy) is 1. The predicted octanol–water partition coefficient (Wildman–Crippen LogP) is 2.00. The lowest BCUT2D eigenvalue weighted by atomic mass is 10.2. The van der Waals surface area contributed by atoms with E-state index >= 15 is 0 Å². The molecule has 0 aliphatic heterocycles. The largest absolute Gasteiger partial charge is 0.496 e. The number of carbonyl (C=O) groups excluding carboxylic acids is 1. The number of aromatic amines is 1. The monoisotopic (exact) mass is 244 g/mol. The summed E-state index contributed by atoms with van der Waals surface area (Å²) in [5.74, 6) is 0.486. The molecule has 0 fully saturated rings. The molecule has 94 valence electrons. The van der Waals surface area contributed by atoms with Crippen LogP contribution in [0.3, 0.4) is 0 Å². The molecule has 1 aromatic carbocycles. The van der Waals surface area contributed by atoms with Crippen molar-refractivity contribution >= 4 is 5.91 Å². The molecule has 0 radical (unpaired) electrons. The minimum Gasteiger partial charge on any atom is -0.496 e. The van der Waals surface area contributed by atoms with Gasteiger partial charge in [-0.2, -0.15) is 0 Å². The molecule has 2 N–H and O–H groups in total. The fourth-order valence-electron chi connectivity index (χ4n) is 1.76. The molecule has 0 saturated heterocycles. The molecular formula is C14H16N2O2. The van der Waals surface area contributed by atoms with E-state index in [1.165, 1.54) is 5.56 Å². The van der Waals surface area contributed by atoms with Crippen LogP contribution >= 0.6 is 0 Å². The maximum atomic E-state index is 12.0. The average Bonchev–Trinajstić information content (AvgIpc) is 2.91. The standard InChI is InChI=1S/C14H16N2O2/c1-18-13-5-3-2-4-12(13)14(17)16-9-7-11-6-8-15-10-11/h2-6,8,10,15H,7,9H2,1H3,(H,16,17). The van der Waals surface area contributed by atoms with Gasteiger partial charge >= 0.3 is 0 Å². The van der Waals surface area contributed by atoms with Crippen molar-refractivity contribution in [2.45, 2.75) is 6.42 Å². The first-order valence-corrected chi connectivity index (χ1v) is 5.84. The van der Waals surface area contributed by atoms with Crippen molar-refractivity contribution in [3.8, 4) is 5.75 Å². The van der Waals surface area contributed by atoms with Crippen LogP contribution in [0.15, 0.2) is 42.7 Å². The zero-order valence-electron chi connectivity index (χ0n) is 10.3. The summed E-state index contributed by atoms with van der Waals surface area (Å²) >= 11 is 0. The van der Waals surface area contributed by atoms with Crippen molar-refractivity contribution in [2.75, 3.05) is 13.7 Å². The van der Waals surface area contributed by atoms with E-state index in [1.807, 2.05) is 30.6 Å². The molecule has 0 atom stereocenters. The quantitative estimate of drug-likeness (QED) is 0.845. The third-order valence-electron chi connectivity index (χ3n) is 2.71. The molecule has 0 aliphatic rings. The highest BCUT2D eigenvalue weighted by molar-refractivity contribution is 5.96. The fraction of sp³-hybridized carbons (Fsp3) is 0.214. The van der Waals surface area contributed by atoms with Gasteiger partial charge in [-0.15, -0.1) is 0 Å². The Hall–Kier alpha value is -2.23. The predicted molar refractivity (Wildman–Crippen MR) is 69.8 cm³/mol. The van der Waals surface area contributed by atoms with E-state index < -0.39 is 0 Å². The molecule has 0 unspecified atom stereocenters. The lowest BCUT2D eigenvalue weighted by Crippen LogP contribution is -2.26. The molecule has 2 rings (SSSR count). The van der Waals surface area contributed by atoms with E-state index in [4.69, 9.17) is 4.74 Å². The number of amides is 1. The van der Waals surface area contributed by atoms with Gasteiger partial charge in [0.2, 0.25) is 0 Å². The number of para-hydroxylation sites is 1. The van der Waals surface area contributed by atoms with Gasteiger partial charge in [0.05, 0.1) is 12.7 Å². The Labute approximate surface area is 106 Å². The number of methoxy groups -OCH3 is 1. The fourth-order valence-corrected chi connectivity index (χ4v) is 1.76. The Morgan fingerprint density at radius 3 is 2.89 bits per heavy atom. The highest BCUT2D eigenvalue weighted by Crippen LogP contribution is 2.16. The molecule has 0 spiro atoms. The van der Waals surface area contributed by atoms with Gasteiger partial charge in [0.1, 0.15) is 5.75 Å².